The molecule has 1 heteroatoms. The molecule has 0 heterocycles. The summed E-state index contributed by atoms with van der Waals surface area (Å²) in [7, 11) is 0. The second-order valence-corrected chi connectivity index (χ2v) is 11.2. The minimum absolute atomic E-state index is 0.467. The van der Waals surface area contributed by atoms with Crippen molar-refractivity contribution in [3.8, 4) is 0 Å². The van der Waals surface area contributed by atoms with Gasteiger partial charge in [-0.3, -0.25) is 0 Å². The molecule has 0 aromatic rings. The lowest BCUT2D eigenvalue weighted by molar-refractivity contribution is 0.0597. The van der Waals surface area contributed by atoms with Crippen LogP contribution in [-0.4, -0.2) is 10.7 Å². The summed E-state index contributed by atoms with van der Waals surface area (Å²) >= 11 is 0. The molecule has 29 heavy (non-hydrogen) atoms. The van der Waals surface area contributed by atoms with Crippen LogP contribution >= 0.6 is 0 Å². The van der Waals surface area contributed by atoms with E-state index >= 15 is 0 Å². The fourth-order valence-corrected chi connectivity index (χ4v) is 6.67. The third kappa shape index (κ3) is 5.35. The number of fused-ring (bicyclic) bond motifs is 1. The van der Waals surface area contributed by atoms with Gasteiger partial charge in [-0.2, -0.15) is 0 Å². The monoisotopic (exact) mass is 396 g/mol. The summed E-state index contributed by atoms with van der Waals surface area (Å²) in [6.07, 6.45) is 18.2. The van der Waals surface area contributed by atoms with Crippen LogP contribution in [0.15, 0.2) is 47.6 Å². The highest BCUT2D eigenvalue weighted by molar-refractivity contribution is 5.39. The number of rotatable bonds is 6. The molecule has 0 spiro atoms. The lowest BCUT2D eigenvalue weighted by Gasteiger charge is -2.44. The number of hydrogen-bond acceptors (Lipinski definition) is 1. The maximum Gasteiger partial charge on any atom is 0.0591 e. The van der Waals surface area contributed by atoms with Gasteiger partial charge in [-0.25, -0.2) is 0 Å². The Morgan fingerprint density at radius 3 is 2.62 bits per heavy atom. The van der Waals surface area contributed by atoms with Gasteiger partial charge in [0.15, 0.2) is 0 Å². The fraction of sp³-hybridized carbons (Fsp3) is 0.714. The molecule has 3 rings (SSSR count). The quantitative estimate of drug-likeness (QED) is 0.452. The molecule has 1 N–H and O–H groups in total. The number of aliphatic hydroxyl groups is 1. The summed E-state index contributed by atoms with van der Waals surface area (Å²) in [6, 6.07) is 0. The summed E-state index contributed by atoms with van der Waals surface area (Å²) in [5.41, 5.74) is 5.71. The standard InChI is InChI=1S/C28H44O/c1-20-11-12-23(22(3)19-20)13-14-24-10-8-18-28(6)25(15-16-26(24)28)21(2)9-7-17-27(4,5)29/h13-14,21,25-26,29H,1,3,7-12,15-19H2,2,4-6H3/b23-13-,24-14+/t21?,25?,26?,28-/m1/s1. The number of allylic oxidation sites excluding steroid dienone is 6. The molecule has 3 saturated carbocycles. The fourth-order valence-electron chi connectivity index (χ4n) is 6.67. The highest BCUT2D eigenvalue weighted by atomic mass is 16.3. The topological polar surface area (TPSA) is 20.2 Å². The van der Waals surface area contributed by atoms with Crippen molar-refractivity contribution in [2.45, 2.75) is 104 Å². The van der Waals surface area contributed by atoms with Gasteiger partial charge in [0.25, 0.3) is 0 Å². The minimum Gasteiger partial charge on any atom is -0.390 e. The van der Waals surface area contributed by atoms with E-state index in [0.29, 0.717) is 5.41 Å². The van der Waals surface area contributed by atoms with Crippen molar-refractivity contribution in [2.24, 2.45) is 23.2 Å². The van der Waals surface area contributed by atoms with Crippen LogP contribution in [0.2, 0.25) is 0 Å². The third-order valence-electron chi connectivity index (χ3n) is 8.34. The summed E-state index contributed by atoms with van der Waals surface area (Å²) < 4.78 is 0. The van der Waals surface area contributed by atoms with Gasteiger partial charge >= 0.3 is 0 Å². The van der Waals surface area contributed by atoms with Gasteiger partial charge in [-0.1, -0.05) is 63.1 Å². The van der Waals surface area contributed by atoms with Crippen LogP contribution in [0.4, 0.5) is 0 Å². The van der Waals surface area contributed by atoms with Crippen LogP contribution in [0.1, 0.15) is 98.3 Å². The summed E-state index contributed by atoms with van der Waals surface area (Å²) in [4.78, 5) is 0. The molecule has 0 bridgehead atoms. The van der Waals surface area contributed by atoms with Crippen LogP contribution in [0, 0.1) is 23.2 Å². The van der Waals surface area contributed by atoms with Gasteiger partial charge in [-0.15, -0.1) is 0 Å². The summed E-state index contributed by atoms with van der Waals surface area (Å²) in [5.74, 6) is 2.36. The Morgan fingerprint density at radius 1 is 1.17 bits per heavy atom. The molecule has 0 saturated heterocycles. The Hall–Kier alpha value is -1.08. The zero-order chi connectivity index (χ0) is 21.2. The molecule has 3 aliphatic rings. The lowest BCUT2D eigenvalue weighted by Crippen LogP contribution is -2.36. The van der Waals surface area contributed by atoms with Gasteiger partial charge in [0.1, 0.15) is 0 Å². The maximum absolute atomic E-state index is 10.0. The lowest BCUT2D eigenvalue weighted by atomic mass is 9.60. The van der Waals surface area contributed by atoms with Crippen molar-refractivity contribution >= 4 is 0 Å². The average Bonchev–Trinajstić information content (AvgIpc) is 2.97. The van der Waals surface area contributed by atoms with Crippen molar-refractivity contribution in [2.75, 3.05) is 0 Å². The van der Waals surface area contributed by atoms with Crippen LogP contribution in [0.25, 0.3) is 0 Å². The molecular weight excluding hydrogens is 352 g/mol. The van der Waals surface area contributed by atoms with Gasteiger partial charge in [0, 0.05) is 0 Å². The van der Waals surface area contributed by atoms with Crippen LogP contribution in [0.5, 0.6) is 0 Å². The average molecular weight is 397 g/mol. The van der Waals surface area contributed by atoms with Crippen LogP contribution in [0.3, 0.4) is 0 Å². The van der Waals surface area contributed by atoms with E-state index in [0.717, 1.165) is 49.9 Å². The molecule has 3 unspecified atom stereocenters. The van der Waals surface area contributed by atoms with Gasteiger partial charge in [0.2, 0.25) is 0 Å². The third-order valence-corrected chi connectivity index (χ3v) is 8.34. The summed E-state index contributed by atoms with van der Waals surface area (Å²) in [5, 5.41) is 10.0. The smallest absolute Gasteiger partial charge is 0.0591 e. The SMILES string of the molecule is C=C1CC/C(=C/C=C2\CCC[C@@]3(C)C2CCC3C(C)CCCC(C)(C)O)C(=C)C1. The Labute approximate surface area is 180 Å². The molecule has 0 amide bonds. The van der Waals surface area contributed by atoms with Crippen molar-refractivity contribution in [1.82, 2.24) is 0 Å². The Kier molecular flexibility index (Phi) is 6.99. The van der Waals surface area contributed by atoms with E-state index < -0.39 is 5.60 Å². The van der Waals surface area contributed by atoms with Crippen molar-refractivity contribution in [3.63, 3.8) is 0 Å². The first kappa shape index (κ1) is 22.6. The number of hydrogen-bond donors (Lipinski definition) is 1. The summed E-state index contributed by atoms with van der Waals surface area (Å²) in [6.45, 7) is 17.4. The zero-order valence-electron chi connectivity index (χ0n) is 19.5. The van der Waals surface area contributed by atoms with E-state index in [1.54, 1.807) is 5.57 Å². The highest BCUT2D eigenvalue weighted by Crippen LogP contribution is 2.60. The van der Waals surface area contributed by atoms with E-state index in [-0.39, 0.29) is 0 Å². The minimum atomic E-state index is -0.522. The van der Waals surface area contributed by atoms with E-state index in [4.69, 9.17) is 0 Å². The Bertz CT molecular complexity index is 686. The molecule has 4 atom stereocenters. The van der Waals surface area contributed by atoms with Gasteiger partial charge in [0.05, 0.1) is 5.60 Å². The largest absolute Gasteiger partial charge is 0.390 e. The second kappa shape index (κ2) is 8.96. The molecule has 0 aromatic carbocycles. The predicted molar refractivity (Wildman–Crippen MR) is 126 cm³/mol. The first-order valence-corrected chi connectivity index (χ1v) is 12.1. The van der Waals surface area contributed by atoms with Gasteiger partial charge < -0.3 is 5.11 Å². The Morgan fingerprint density at radius 2 is 1.93 bits per heavy atom. The van der Waals surface area contributed by atoms with E-state index in [9.17, 15) is 5.11 Å². The first-order chi connectivity index (χ1) is 13.6. The van der Waals surface area contributed by atoms with Crippen LogP contribution < -0.4 is 0 Å². The van der Waals surface area contributed by atoms with Crippen LogP contribution in [-0.2, 0) is 0 Å². The molecule has 1 nitrogen and oxygen atoms in total. The van der Waals surface area contributed by atoms with E-state index in [2.05, 4.69) is 39.2 Å². The first-order valence-electron chi connectivity index (χ1n) is 12.1. The van der Waals surface area contributed by atoms with Crippen molar-refractivity contribution in [1.29, 1.82) is 0 Å². The Balaban J connectivity index is 1.68. The molecule has 0 aromatic heterocycles. The van der Waals surface area contributed by atoms with Crippen molar-refractivity contribution < 1.29 is 5.11 Å². The zero-order valence-corrected chi connectivity index (χ0v) is 19.5. The molecule has 3 aliphatic carbocycles. The maximum atomic E-state index is 10.0. The van der Waals surface area contributed by atoms with E-state index in [1.807, 2.05) is 13.8 Å². The van der Waals surface area contributed by atoms with Crippen molar-refractivity contribution in [3.05, 3.63) is 47.6 Å². The predicted octanol–water partition coefficient (Wildman–Crippen LogP) is 7.93. The molecule has 3 fully saturated rings. The molecular formula is C28H44O. The molecule has 0 radical (unpaired) electrons. The molecule has 162 valence electrons. The second-order valence-electron chi connectivity index (χ2n) is 11.2. The highest BCUT2D eigenvalue weighted by Gasteiger charge is 2.50. The van der Waals surface area contributed by atoms with E-state index in [1.165, 1.54) is 55.2 Å². The normalized spacial score (nSPS) is 34.7. The molecule has 0 aliphatic heterocycles. The van der Waals surface area contributed by atoms with Gasteiger partial charge in [-0.05, 0) is 106 Å².